The van der Waals surface area contributed by atoms with Crippen LogP contribution in [0.25, 0.3) is 61.3 Å². The van der Waals surface area contributed by atoms with Crippen LogP contribution in [-0.4, -0.2) is 14.1 Å². The van der Waals surface area contributed by atoms with Gasteiger partial charge in [-0.15, -0.1) is 29.7 Å². The molecule has 0 N–H and O–H groups in total. The SMILES string of the molecule is [2H]c1c([2H])c([2H])c(-c2cccc(-c3cc(C(C)(C)C)cc(C(C)(C)C)c3)c2-[n+]2[c-]n(-c3[c-]c(Oc4[c-]c5c(cc4)c4ccccc4n5-c4cc(C([2H])(C)C(C)(C)C)ccn4)ccc3)cc2)c([2H])c1[2H].[Pt]. The maximum atomic E-state index is 9.32. The molecule has 0 saturated heterocycles. The van der Waals surface area contributed by atoms with Gasteiger partial charge in [-0.25, -0.2) is 4.98 Å². The van der Waals surface area contributed by atoms with Gasteiger partial charge >= 0.3 is 0 Å². The Kier molecular flexibility index (Phi) is 10.0. The minimum Gasteiger partial charge on any atom is -0.510 e. The summed E-state index contributed by atoms with van der Waals surface area (Å²) in [5.41, 5.74) is 7.81. The summed E-state index contributed by atoms with van der Waals surface area (Å²) < 4.78 is 65.2. The number of fused-ring (bicyclic) bond motifs is 3. The standard InChI is InChI=1S/C58H56N4O.Pt/c1-39(56(2,3)4)41-28-29-59-54(34-41)62-52-25-15-14-22-50(52)51-27-26-47(37-53(51)62)63-46-21-16-20-45(36-46)60-30-31-61(38-60)55-48(40-18-12-11-13-19-40)23-17-24-49(55)42-32-43(57(5,6)7)35-44(33-42)58(8,9)10;/h11-35,39H,1-10H3;/q-2;/i11D,12D,13D,18D,19D,39D;. The van der Waals surface area contributed by atoms with Crippen molar-refractivity contribution in [2.75, 3.05) is 0 Å². The van der Waals surface area contributed by atoms with Crippen LogP contribution in [0, 0.1) is 23.9 Å². The molecule has 0 radical (unpaired) electrons. The number of ether oxygens (including phenoxy) is 1. The molecule has 0 fully saturated rings. The number of benzene rings is 6. The summed E-state index contributed by atoms with van der Waals surface area (Å²) in [4.78, 5) is 4.81. The number of para-hydroxylation sites is 2. The van der Waals surface area contributed by atoms with Crippen molar-refractivity contribution in [3.63, 3.8) is 0 Å². The summed E-state index contributed by atoms with van der Waals surface area (Å²) >= 11 is 0. The maximum Gasteiger partial charge on any atom is 0.267 e. The predicted octanol–water partition coefficient (Wildman–Crippen LogP) is 14.5. The molecular formula is C58H56N4OPt-2. The van der Waals surface area contributed by atoms with Crippen molar-refractivity contribution < 1.29 is 38.6 Å². The van der Waals surface area contributed by atoms with Crippen molar-refractivity contribution in [1.29, 1.82) is 0 Å². The Bertz CT molecular complexity index is 3420. The normalized spacial score (nSPS) is 14.5. The maximum absolute atomic E-state index is 9.32. The Balaban J connectivity index is 0.00000659. The van der Waals surface area contributed by atoms with Crippen molar-refractivity contribution in [2.45, 2.75) is 86.0 Å². The predicted molar refractivity (Wildman–Crippen MR) is 259 cm³/mol. The molecule has 0 spiro atoms. The first-order chi connectivity index (χ1) is 32.4. The van der Waals surface area contributed by atoms with Gasteiger partial charge in [0.25, 0.3) is 6.33 Å². The zero-order chi connectivity index (χ0) is 49.5. The molecule has 6 aromatic carbocycles. The van der Waals surface area contributed by atoms with Crippen LogP contribution in [0.4, 0.5) is 0 Å². The van der Waals surface area contributed by atoms with Gasteiger partial charge in [0, 0.05) is 58.0 Å². The van der Waals surface area contributed by atoms with Gasteiger partial charge in [0.05, 0.1) is 12.5 Å². The summed E-state index contributed by atoms with van der Waals surface area (Å²) in [6, 6.07) is 39.1. The Morgan fingerprint density at radius 2 is 1.38 bits per heavy atom. The number of imidazole rings is 1. The van der Waals surface area contributed by atoms with Crippen molar-refractivity contribution in [1.82, 2.24) is 14.1 Å². The van der Waals surface area contributed by atoms with E-state index in [1.54, 1.807) is 10.8 Å². The van der Waals surface area contributed by atoms with Crippen LogP contribution >= 0.6 is 0 Å². The van der Waals surface area contributed by atoms with Gasteiger partial charge in [-0.2, -0.15) is 18.2 Å². The first kappa shape index (κ1) is 37.4. The van der Waals surface area contributed by atoms with E-state index in [9.17, 15) is 1.37 Å². The summed E-state index contributed by atoms with van der Waals surface area (Å²) in [6.07, 6.45) is 8.95. The summed E-state index contributed by atoms with van der Waals surface area (Å²) in [6.45, 7) is 21.3. The van der Waals surface area contributed by atoms with E-state index in [0.29, 0.717) is 34.3 Å². The molecule has 3 aromatic heterocycles. The molecule has 1 atom stereocenters. The van der Waals surface area contributed by atoms with E-state index in [1.807, 2.05) is 96.7 Å². The van der Waals surface area contributed by atoms with Gasteiger partial charge in [0.1, 0.15) is 5.82 Å². The third kappa shape index (κ3) is 8.76. The van der Waals surface area contributed by atoms with Crippen molar-refractivity contribution in [3.8, 4) is 50.9 Å². The largest absolute Gasteiger partial charge is 0.510 e. The van der Waals surface area contributed by atoms with Gasteiger partial charge in [-0.1, -0.05) is 160 Å². The molecular weight excluding hydrogens is 964 g/mol. The minimum absolute atomic E-state index is 0. The number of nitrogens with zero attached hydrogens (tertiary/aromatic N) is 4. The van der Waals surface area contributed by atoms with E-state index < -0.39 is 24.0 Å². The third-order valence-electron chi connectivity index (χ3n) is 11.9. The second-order valence-electron chi connectivity index (χ2n) is 19.4. The Hall–Kier alpha value is -6.03. The monoisotopic (exact) mass is 1030 g/mol. The van der Waals surface area contributed by atoms with E-state index in [2.05, 4.69) is 116 Å². The number of rotatable bonds is 8. The molecule has 0 aliphatic rings. The molecule has 0 bridgehead atoms. The number of aromatic nitrogens is 4. The number of pyridine rings is 1. The van der Waals surface area contributed by atoms with E-state index in [1.165, 1.54) is 0 Å². The van der Waals surface area contributed by atoms with Crippen LogP contribution in [0.1, 0.15) is 100 Å². The molecule has 3 heterocycles. The van der Waals surface area contributed by atoms with E-state index in [4.69, 9.17) is 16.6 Å². The summed E-state index contributed by atoms with van der Waals surface area (Å²) in [5.74, 6) is 0.742. The van der Waals surface area contributed by atoms with E-state index in [0.717, 1.165) is 49.6 Å². The molecule has 5 nitrogen and oxygen atoms in total. The molecule has 1 unspecified atom stereocenters. The van der Waals surface area contributed by atoms with Gasteiger partial charge in [0.15, 0.2) is 0 Å². The van der Waals surface area contributed by atoms with Crippen LogP contribution in [0.3, 0.4) is 0 Å². The van der Waals surface area contributed by atoms with Crippen LogP contribution in [-0.2, 0) is 31.9 Å². The van der Waals surface area contributed by atoms with Crippen molar-refractivity contribution in [3.05, 3.63) is 187 Å². The van der Waals surface area contributed by atoms with Crippen LogP contribution < -0.4 is 9.30 Å². The molecule has 9 aromatic rings. The molecule has 0 amide bonds. The fourth-order valence-corrected chi connectivity index (χ4v) is 7.98. The fraction of sp³-hybridized carbons (Fsp3) is 0.241. The average molecular weight is 1030 g/mol. The van der Waals surface area contributed by atoms with Gasteiger partial charge < -0.3 is 13.9 Å². The molecule has 0 saturated carbocycles. The first-order valence-corrected chi connectivity index (χ1v) is 21.5. The smallest absolute Gasteiger partial charge is 0.267 e. The number of hydrogen-bond acceptors (Lipinski definition) is 2. The average Bonchev–Trinajstić information content (AvgIpc) is 3.93. The number of hydrogen-bond donors (Lipinski definition) is 0. The summed E-state index contributed by atoms with van der Waals surface area (Å²) in [7, 11) is 0. The van der Waals surface area contributed by atoms with E-state index in [-0.39, 0.29) is 55.0 Å². The van der Waals surface area contributed by atoms with Gasteiger partial charge in [-0.3, -0.25) is 4.57 Å². The molecule has 6 heteroatoms. The Labute approximate surface area is 402 Å². The van der Waals surface area contributed by atoms with Crippen molar-refractivity contribution >= 4 is 21.8 Å². The van der Waals surface area contributed by atoms with Crippen LogP contribution in [0.5, 0.6) is 11.5 Å². The summed E-state index contributed by atoms with van der Waals surface area (Å²) in [5, 5.41) is 2.03. The third-order valence-corrected chi connectivity index (χ3v) is 11.9. The first-order valence-electron chi connectivity index (χ1n) is 24.5. The van der Waals surface area contributed by atoms with Gasteiger partial charge in [0.2, 0.25) is 0 Å². The molecule has 9 rings (SSSR count). The van der Waals surface area contributed by atoms with Gasteiger partial charge in [-0.05, 0) is 90.4 Å². The zero-order valence-corrected chi connectivity index (χ0v) is 40.3. The molecule has 326 valence electrons. The molecule has 64 heavy (non-hydrogen) atoms. The second-order valence-corrected chi connectivity index (χ2v) is 19.4. The molecule has 0 aliphatic heterocycles. The Morgan fingerprint density at radius 3 is 2.08 bits per heavy atom. The van der Waals surface area contributed by atoms with E-state index >= 15 is 0 Å². The second kappa shape index (κ2) is 17.2. The fourth-order valence-electron chi connectivity index (χ4n) is 7.98. The quantitative estimate of drug-likeness (QED) is 0.112. The zero-order valence-electron chi connectivity index (χ0n) is 44.1. The van der Waals surface area contributed by atoms with Crippen LogP contribution in [0.15, 0.2) is 152 Å². The molecule has 0 aliphatic carbocycles. The van der Waals surface area contributed by atoms with Crippen LogP contribution in [0.2, 0.25) is 0 Å². The Morgan fingerprint density at radius 1 is 0.703 bits per heavy atom. The minimum atomic E-state index is -0.872. The topological polar surface area (TPSA) is 35.9 Å². The van der Waals surface area contributed by atoms with Crippen molar-refractivity contribution in [2.24, 2.45) is 5.41 Å².